The molecule has 2 rings (SSSR count). The first-order chi connectivity index (χ1) is 13.1. The summed E-state index contributed by atoms with van der Waals surface area (Å²) in [7, 11) is 3.05. The summed E-state index contributed by atoms with van der Waals surface area (Å²) in [4.78, 5) is 12.4. The first kappa shape index (κ1) is 19.4. The number of nitriles is 1. The van der Waals surface area contributed by atoms with E-state index < -0.39 is 5.91 Å². The van der Waals surface area contributed by atoms with Crippen molar-refractivity contribution in [3.05, 3.63) is 53.6 Å². The molecule has 0 aromatic heterocycles. The molecule has 0 heterocycles. The lowest BCUT2D eigenvalue weighted by atomic mass is 10.1. The highest BCUT2D eigenvalue weighted by Crippen LogP contribution is 2.29. The van der Waals surface area contributed by atoms with Crippen molar-refractivity contribution in [2.24, 2.45) is 0 Å². The molecule has 0 aliphatic rings. The fraction of sp³-hybridized carbons (Fsp3) is 0.143. The Morgan fingerprint density at radius 1 is 1.15 bits per heavy atom. The van der Waals surface area contributed by atoms with Crippen molar-refractivity contribution in [2.45, 2.75) is 0 Å². The Hall–Kier alpha value is -3.90. The van der Waals surface area contributed by atoms with Gasteiger partial charge in [0.1, 0.15) is 24.0 Å². The number of amides is 1. The van der Waals surface area contributed by atoms with Crippen molar-refractivity contribution in [2.75, 3.05) is 26.1 Å². The Labute approximate surface area is 158 Å². The summed E-state index contributed by atoms with van der Waals surface area (Å²) in [6.45, 7) is 0.110. The lowest BCUT2D eigenvalue weighted by Crippen LogP contribution is -2.13. The van der Waals surface area contributed by atoms with Gasteiger partial charge < -0.3 is 19.5 Å². The summed E-state index contributed by atoms with van der Waals surface area (Å²) < 4.78 is 15.7. The molecule has 0 aliphatic carbocycles. The fourth-order valence-electron chi connectivity index (χ4n) is 2.20. The molecular weight excluding hydrogens is 344 g/mol. The summed E-state index contributed by atoms with van der Waals surface area (Å²) in [5, 5.41) is 12.0. The number of hydrogen-bond acceptors (Lipinski definition) is 5. The number of terminal acetylenes is 1. The van der Waals surface area contributed by atoms with Gasteiger partial charge in [0.15, 0.2) is 11.5 Å². The van der Waals surface area contributed by atoms with Gasteiger partial charge in [-0.3, -0.25) is 4.79 Å². The standard InChI is InChI=1S/C21H18N2O4/c1-4-11-27-19-10-5-15(13-20(19)26-3)12-16(14-22)21(24)23-17-6-8-18(25-2)9-7-17/h1,5-10,12-13H,11H2,2-3H3,(H,23,24)/b16-12-. The lowest BCUT2D eigenvalue weighted by molar-refractivity contribution is -0.112. The number of rotatable bonds is 7. The monoisotopic (exact) mass is 362 g/mol. The minimum Gasteiger partial charge on any atom is -0.497 e. The molecule has 0 aliphatic heterocycles. The molecule has 27 heavy (non-hydrogen) atoms. The zero-order chi connectivity index (χ0) is 19.6. The van der Waals surface area contributed by atoms with Crippen LogP contribution in [0, 0.1) is 23.7 Å². The van der Waals surface area contributed by atoms with E-state index in [1.807, 2.05) is 6.07 Å². The van der Waals surface area contributed by atoms with E-state index in [4.69, 9.17) is 20.6 Å². The number of ether oxygens (including phenoxy) is 3. The molecule has 136 valence electrons. The van der Waals surface area contributed by atoms with Crippen LogP contribution in [-0.4, -0.2) is 26.7 Å². The highest BCUT2D eigenvalue weighted by atomic mass is 16.5. The molecule has 6 heteroatoms. The van der Waals surface area contributed by atoms with Crippen LogP contribution in [0.2, 0.25) is 0 Å². The number of carbonyl (C=O) groups is 1. The third kappa shape index (κ3) is 5.29. The van der Waals surface area contributed by atoms with E-state index >= 15 is 0 Å². The second-order valence-electron chi connectivity index (χ2n) is 5.26. The average molecular weight is 362 g/mol. The molecule has 6 nitrogen and oxygen atoms in total. The smallest absolute Gasteiger partial charge is 0.266 e. The molecule has 0 saturated carbocycles. The maximum Gasteiger partial charge on any atom is 0.266 e. The van der Waals surface area contributed by atoms with Gasteiger partial charge in [-0.25, -0.2) is 0 Å². The maximum atomic E-state index is 12.4. The van der Waals surface area contributed by atoms with Gasteiger partial charge >= 0.3 is 0 Å². The molecule has 2 aromatic carbocycles. The molecule has 0 unspecified atom stereocenters. The average Bonchev–Trinajstić information content (AvgIpc) is 2.71. The van der Waals surface area contributed by atoms with Gasteiger partial charge in [-0.05, 0) is 48.0 Å². The normalized spacial score (nSPS) is 10.3. The lowest BCUT2D eigenvalue weighted by Gasteiger charge is -2.09. The van der Waals surface area contributed by atoms with Crippen LogP contribution in [0.4, 0.5) is 5.69 Å². The molecule has 2 aromatic rings. The number of methoxy groups -OCH3 is 2. The van der Waals surface area contributed by atoms with Gasteiger partial charge in [-0.2, -0.15) is 5.26 Å². The van der Waals surface area contributed by atoms with Crippen LogP contribution in [0.1, 0.15) is 5.56 Å². The Balaban J connectivity index is 2.20. The molecular formula is C21H18N2O4. The number of carbonyl (C=O) groups excluding carboxylic acids is 1. The fourth-order valence-corrected chi connectivity index (χ4v) is 2.20. The SMILES string of the molecule is C#CCOc1ccc(/C=C(/C#N)C(=O)Nc2ccc(OC)cc2)cc1OC. The number of hydrogen-bond donors (Lipinski definition) is 1. The Morgan fingerprint density at radius 2 is 1.89 bits per heavy atom. The predicted molar refractivity (Wildman–Crippen MR) is 103 cm³/mol. The second-order valence-corrected chi connectivity index (χ2v) is 5.26. The van der Waals surface area contributed by atoms with Gasteiger partial charge in [0.25, 0.3) is 5.91 Å². The van der Waals surface area contributed by atoms with E-state index in [0.29, 0.717) is 28.5 Å². The highest BCUT2D eigenvalue weighted by Gasteiger charge is 2.11. The molecule has 1 N–H and O–H groups in total. The minimum atomic E-state index is -0.519. The largest absolute Gasteiger partial charge is 0.497 e. The quantitative estimate of drug-likeness (QED) is 0.464. The van der Waals surface area contributed by atoms with Crippen LogP contribution >= 0.6 is 0 Å². The van der Waals surface area contributed by atoms with Gasteiger partial charge in [-0.15, -0.1) is 6.42 Å². The van der Waals surface area contributed by atoms with Crippen LogP contribution in [0.15, 0.2) is 48.0 Å². The molecule has 0 spiro atoms. The minimum absolute atomic E-state index is 0.0508. The van der Waals surface area contributed by atoms with Gasteiger partial charge in [0.05, 0.1) is 14.2 Å². The summed E-state index contributed by atoms with van der Waals surface area (Å²) in [6, 6.07) is 13.7. The van der Waals surface area contributed by atoms with Crippen LogP contribution < -0.4 is 19.5 Å². The number of benzene rings is 2. The van der Waals surface area contributed by atoms with Crippen LogP contribution in [0.5, 0.6) is 17.2 Å². The topological polar surface area (TPSA) is 80.6 Å². The van der Waals surface area contributed by atoms with Crippen molar-refractivity contribution in [1.29, 1.82) is 5.26 Å². The Morgan fingerprint density at radius 3 is 2.48 bits per heavy atom. The molecule has 0 atom stereocenters. The Kier molecular flexibility index (Phi) is 6.87. The van der Waals surface area contributed by atoms with Crippen LogP contribution in [0.25, 0.3) is 6.08 Å². The van der Waals surface area contributed by atoms with E-state index in [1.54, 1.807) is 49.6 Å². The molecule has 0 fully saturated rings. The van der Waals surface area contributed by atoms with Crippen molar-refractivity contribution in [1.82, 2.24) is 0 Å². The number of nitrogens with one attached hydrogen (secondary N) is 1. The first-order valence-corrected chi connectivity index (χ1v) is 7.92. The van der Waals surface area contributed by atoms with Crippen molar-refractivity contribution in [3.63, 3.8) is 0 Å². The van der Waals surface area contributed by atoms with Crippen molar-refractivity contribution >= 4 is 17.7 Å². The van der Waals surface area contributed by atoms with Gasteiger partial charge in [0, 0.05) is 5.69 Å². The number of anilines is 1. The second kappa shape index (κ2) is 9.55. The molecule has 0 saturated heterocycles. The molecule has 0 bridgehead atoms. The highest BCUT2D eigenvalue weighted by molar-refractivity contribution is 6.09. The van der Waals surface area contributed by atoms with Crippen LogP contribution in [0.3, 0.4) is 0 Å². The first-order valence-electron chi connectivity index (χ1n) is 7.92. The number of nitrogens with zero attached hydrogens (tertiary/aromatic N) is 1. The molecule has 0 radical (unpaired) electrons. The third-order valence-corrected chi connectivity index (χ3v) is 3.52. The maximum absolute atomic E-state index is 12.4. The van der Waals surface area contributed by atoms with E-state index in [0.717, 1.165) is 0 Å². The molecule has 1 amide bonds. The van der Waals surface area contributed by atoms with E-state index in [9.17, 15) is 10.1 Å². The third-order valence-electron chi connectivity index (χ3n) is 3.52. The van der Waals surface area contributed by atoms with E-state index in [-0.39, 0.29) is 12.2 Å². The zero-order valence-corrected chi connectivity index (χ0v) is 15.0. The van der Waals surface area contributed by atoms with Crippen LogP contribution in [-0.2, 0) is 4.79 Å². The van der Waals surface area contributed by atoms with Gasteiger partial charge in [0.2, 0.25) is 0 Å². The van der Waals surface area contributed by atoms with E-state index in [1.165, 1.54) is 13.2 Å². The van der Waals surface area contributed by atoms with Crippen molar-refractivity contribution < 1.29 is 19.0 Å². The summed E-state index contributed by atoms with van der Waals surface area (Å²) in [6.07, 6.45) is 6.65. The van der Waals surface area contributed by atoms with Crippen molar-refractivity contribution in [3.8, 4) is 35.7 Å². The Bertz CT molecular complexity index is 919. The van der Waals surface area contributed by atoms with Gasteiger partial charge in [-0.1, -0.05) is 12.0 Å². The summed E-state index contributed by atoms with van der Waals surface area (Å²) in [5.74, 6) is 3.46. The summed E-state index contributed by atoms with van der Waals surface area (Å²) in [5.41, 5.74) is 1.11. The van der Waals surface area contributed by atoms with E-state index in [2.05, 4.69) is 11.2 Å². The zero-order valence-electron chi connectivity index (χ0n) is 15.0. The summed E-state index contributed by atoms with van der Waals surface area (Å²) >= 11 is 0. The predicted octanol–water partition coefficient (Wildman–Crippen LogP) is 3.26.